The van der Waals surface area contributed by atoms with Crippen molar-refractivity contribution in [3.05, 3.63) is 15.6 Å². The standard InChI is InChI=1S/C9H12N2S/c1-4-8(5-10)9-11-6(2)7(3)12-9/h8H,4H2,1-3H3. The summed E-state index contributed by atoms with van der Waals surface area (Å²) in [5, 5.41) is 9.76. The smallest absolute Gasteiger partial charge is 0.110 e. The van der Waals surface area contributed by atoms with Gasteiger partial charge in [-0.15, -0.1) is 11.3 Å². The third kappa shape index (κ3) is 1.64. The second kappa shape index (κ2) is 3.68. The third-order valence-corrected chi connectivity index (χ3v) is 3.09. The van der Waals surface area contributed by atoms with E-state index in [1.165, 1.54) is 4.88 Å². The fourth-order valence-corrected chi connectivity index (χ4v) is 2.02. The molecule has 1 aromatic heterocycles. The monoisotopic (exact) mass is 180 g/mol. The molecular weight excluding hydrogens is 168 g/mol. The third-order valence-electron chi connectivity index (χ3n) is 1.91. The van der Waals surface area contributed by atoms with E-state index in [2.05, 4.69) is 11.1 Å². The summed E-state index contributed by atoms with van der Waals surface area (Å²) in [4.78, 5) is 5.57. The first-order valence-electron chi connectivity index (χ1n) is 4.02. The van der Waals surface area contributed by atoms with Gasteiger partial charge >= 0.3 is 0 Å². The zero-order valence-electron chi connectivity index (χ0n) is 7.59. The fourth-order valence-electron chi connectivity index (χ4n) is 0.968. The van der Waals surface area contributed by atoms with Crippen LogP contribution < -0.4 is 0 Å². The van der Waals surface area contributed by atoms with Gasteiger partial charge in [0.15, 0.2) is 0 Å². The number of hydrogen-bond donors (Lipinski definition) is 0. The summed E-state index contributed by atoms with van der Waals surface area (Å²) in [7, 11) is 0. The van der Waals surface area contributed by atoms with Crippen LogP contribution >= 0.6 is 11.3 Å². The molecule has 0 aromatic carbocycles. The van der Waals surface area contributed by atoms with Gasteiger partial charge in [0.2, 0.25) is 0 Å². The van der Waals surface area contributed by atoms with Gasteiger partial charge in [-0.3, -0.25) is 0 Å². The lowest BCUT2D eigenvalue weighted by Gasteiger charge is -1.98. The number of nitrogens with zero attached hydrogens (tertiary/aromatic N) is 2. The Morgan fingerprint density at radius 1 is 1.58 bits per heavy atom. The minimum absolute atomic E-state index is 0.0117. The molecule has 0 fully saturated rings. The number of thiazole rings is 1. The van der Waals surface area contributed by atoms with Crippen LogP contribution in [0.3, 0.4) is 0 Å². The van der Waals surface area contributed by atoms with Crippen LogP contribution in [-0.4, -0.2) is 4.98 Å². The van der Waals surface area contributed by atoms with Crippen molar-refractivity contribution in [2.24, 2.45) is 0 Å². The van der Waals surface area contributed by atoms with Crippen molar-refractivity contribution < 1.29 is 0 Å². The van der Waals surface area contributed by atoms with E-state index in [1.807, 2.05) is 20.8 Å². The number of hydrogen-bond acceptors (Lipinski definition) is 3. The van der Waals surface area contributed by atoms with E-state index >= 15 is 0 Å². The summed E-state index contributed by atoms with van der Waals surface area (Å²) in [5.74, 6) is -0.0117. The maximum absolute atomic E-state index is 8.80. The predicted molar refractivity (Wildman–Crippen MR) is 50.2 cm³/mol. The molecule has 12 heavy (non-hydrogen) atoms. The largest absolute Gasteiger partial charge is 0.245 e. The maximum atomic E-state index is 8.80. The number of aromatic nitrogens is 1. The Labute approximate surface area is 76.9 Å². The van der Waals surface area contributed by atoms with E-state index in [1.54, 1.807) is 11.3 Å². The highest BCUT2D eigenvalue weighted by molar-refractivity contribution is 7.11. The van der Waals surface area contributed by atoms with Gasteiger partial charge in [-0.2, -0.15) is 5.26 Å². The molecule has 64 valence electrons. The van der Waals surface area contributed by atoms with Gasteiger partial charge in [-0.25, -0.2) is 4.98 Å². The molecule has 0 saturated heterocycles. The summed E-state index contributed by atoms with van der Waals surface area (Å²) in [5.41, 5.74) is 1.06. The van der Waals surface area contributed by atoms with Crippen LogP contribution in [0.1, 0.15) is 34.8 Å². The van der Waals surface area contributed by atoms with E-state index in [0.717, 1.165) is 17.1 Å². The molecule has 0 bridgehead atoms. The van der Waals surface area contributed by atoms with Crippen LogP contribution in [0.15, 0.2) is 0 Å². The molecule has 1 aromatic rings. The van der Waals surface area contributed by atoms with Crippen LogP contribution in [0.2, 0.25) is 0 Å². The lowest BCUT2D eigenvalue weighted by atomic mass is 10.1. The van der Waals surface area contributed by atoms with E-state index in [0.29, 0.717) is 0 Å². The average molecular weight is 180 g/mol. The number of rotatable bonds is 2. The zero-order chi connectivity index (χ0) is 9.14. The van der Waals surface area contributed by atoms with Gasteiger partial charge in [-0.05, 0) is 20.3 Å². The van der Waals surface area contributed by atoms with Crippen molar-refractivity contribution in [1.82, 2.24) is 4.98 Å². The Kier molecular flexibility index (Phi) is 2.83. The van der Waals surface area contributed by atoms with Crippen LogP contribution in [-0.2, 0) is 0 Å². The minimum atomic E-state index is -0.0117. The quantitative estimate of drug-likeness (QED) is 0.701. The molecule has 0 aliphatic carbocycles. The first kappa shape index (κ1) is 9.21. The first-order chi connectivity index (χ1) is 5.69. The summed E-state index contributed by atoms with van der Waals surface area (Å²) in [6.07, 6.45) is 0.850. The van der Waals surface area contributed by atoms with E-state index in [-0.39, 0.29) is 5.92 Å². The van der Waals surface area contributed by atoms with Crippen LogP contribution in [0.25, 0.3) is 0 Å². The highest BCUT2D eigenvalue weighted by Gasteiger charge is 2.13. The fraction of sp³-hybridized carbons (Fsp3) is 0.556. The van der Waals surface area contributed by atoms with E-state index < -0.39 is 0 Å². The van der Waals surface area contributed by atoms with Gasteiger partial charge in [-0.1, -0.05) is 6.92 Å². The van der Waals surface area contributed by atoms with Crippen LogP contribution in [0.5, 0.6) is 0 Å². The van der Waals surface area contributed by atoms with E-state index in [4.69, 9.17) is 5.26 Å². The number of nitriles is 1. The summed E-state index contributed by atoms with van der Waals surface area (Å²) >= 11 is 1.64. The second-order valence-electron chi connectivity index (χ2n) is 2.78. The first-order valence-corrected chi connectivity index (χ1v) is 4.84. The summed E-state index contributed by atoms with van der Waals surface area (Å²) in [6, 6.07) is 2.26. The Hall–Kier alpha value is -0.880. The van der Waals surface area contributed by atoms with Crippen molar-refractivity contribution in [2.45, 2.75) is 33.1 Å². The van der Waals surface area contributed by atoms with Crippen molar-refractivity contribution in [3.63, 3.8) is 0 Å². The van der Waals surface area contributed by atoms with Crippen molar-refractivity contribution >= 4 is 11.3 Å². The van der Waals surface area contributed by atoms with E-state index in [9.17, 15) is 0 Å². The van der Waals surface area contributed by atoms with Gasteiger partial charge in [0.05, 0.1) is 17.7 Å². The van der Waals surface area contributed by atoms with Crippen molar-refractivity contribution in [1.29, 1.82) is 5.26 Å². The highest BCUT2D eigenvalue weighted by Crippen LogP contribution is 2.25. The molecular formula is C9H12N2S. The SMILES string of the molecule is CCC(C#N)c1nc(C)c(C)s1. The molecule has 1 atom stereocenters. The summed E-state index contributed by atoms with van der Waals surface area (Å²) in [6.45, 7) is 6.04. The predicted octanol–water partition coefficient (Wildman–Crippen LogP) is 2.78. The Morgan fingerprint density at radius 2 is 2.25 bits per heavy atom. The molecule has 3 heteroatoms. The average Bonchev–Trinajstić information content (AvgIpc) is 2.35. The lowest BCUT2D eigenvalue weighted by Crippen LogP contribution is -1.91. The van der Waals surface area contributed by atoms with Gasteiger partial charge in [0.25, 0.3) is 0 Å². The molecule has 1 unspecified atom stereocenters. The topological polar surface area (TPSA) is 36.7 Å². The molecule has 0 aliphatic heterocycles. The Morgan fingerprint density at radius 3 is 2.58 bits per heavy atom. The summed E-state index contributed by atoms with van der Waals surface area (Å²) < 4.78 is 0. The molecule has 2 nitrogen and oxygen atoms in total. The number of aryl methyl sites for hydroxylation is 2. The van der Waals surface area contributed by atoms with Gasteiger partial charge < -0.3 is 0 Å². The van der Waals surface area contributed by atoms with Crippen LogP contribution in [0.4, 0.5) is 0 Å². The lowest BCUT2D eigenvalue weighted by molar-refractivity contribution is 0.805. The van der Waals surface area contributed by atoms with Crippen molar-refractivity contribution in [3.8, 4) is 6.07 Å². The second-order valence-corrected chi connectivity index (χ2v) is 4.02. The van der Waals surface area contributed by atoms with Gasteiger partial charge in [0.1, 0.15) is 5.01 Å². The van der Waals surface area contributed by atoms with Gasteiger partial charge in [0, 0.05) is 4.88 Å². The highest BCUT2D eigenvalue weighted by atomic mass is 32.1. The Balaban J connectivity index is 2.96. The maximum Gasteiger partial charge on any atom is 0.110 e. The molecule has 0 N–H and O–H groups in total. The molecule has 1 heterocycles. The molecule has 0 amide bonds. The van der Waals surface area contributed by atoms with Crippen LogP contribution in [0, 0.1) is 25.2 Å². The molecule has 0 saturated carbocycles. The molecule has 0 radical (unpaired) electrons. The molecule has 1 rings (SSSR count). The normalized spacial score (nSPS) is 12.5. The molecule has 0 spiro atoms. The van der Waals surface area contributed by atoms with Crippen molar-refractivity contribution in [2.75, 3.05) is 0 Å². The zero-order valence-corrected chi connectivity index (χ0v) is 8.40. The minimum Gasteiger partial charge on any atom is -0.245 e. The Bertz CT molecular complexity index is 289. The molecule has 0 aliphatic rings.